The molecule has 4 heterocycles. The van der Waals surface area contributed by atoms with E-state index in [1.165, 1.54) is 29.7 Å². The Kier molecular flexibility index (Phi) is 8.22. The van der Waals surface area contributed by atoms with E-state index in [1.807, 2.05) is 0 Å². The molecule has 0 amide bonds. The zero-order valence-electron chi connectivity index (χ0n) is 29.7. The van der Waals surface area contributed by atoms with Crippen LogP contribution < -0.4 is 5.56 Å². The number of fused-ring (bicyclic) bond motifs is 8. The van der Waals surface area contributed by atoms with Crippen LogP contribution in [0.15, 0.2) is 64.5 Å². The molecule has 0 spiro atoms. The van der Waals surface area contributed by atoms with Crippen LogP contribution in [-0.2, 0) is 42.7 Å². The molecule has 1 N–H and O–H groups in total. The van der Waals surface area contributed by atoms with E-state index in [1.54, 1.807) is 12.1 Å². The molecule has 22 heteroatoms. The van der Waals surface area contributed by atoms with Crippen molar-refractivity contribution in [3.63, 3.8) is 0 Å². The zero-order valence-corrected chi connectivity index (χ0v) is 29.7. The minimum atomic E-state index is -2.20. The van der Waals surface area contributed by atoms with Gasteiger partial charge >= 0.3 is 11.9 Å². The van der Waals surface area contributed by atoms with E-state index in [0.29, 0.717) is 40.0 Å². The number of non-ortho nitro benzene ring substituents is 2. The number of pyridine rings is 2. The maximum atomic E-state index is 13.9. The van der Waals surface area contributed by atoms with Gasteiger partial charge in [0, 0.05) is 39.8 Å². The second kappa shape index (κ2) is 13.0. The number of phenols is 1. The van der Waals surface area contributed by atoms with E-state index in [4.69, 9.17) is 14.3 Å². The molecule has 0 bridgehead atoms. The Hall–Kier alpha value is -8.17. The van der Waals surface area contributed by atoms with Gasteiger partial charge in [-0.05, 0) is 43.7 Å². The largest absolute Gasteiger partial charge is 0.508 e. The lowest BCUT2D eigenvalue weighted by Crippen LogP contribution is -2.48. The zero-order chi connectivity index (χ0) is 41.5. The average Bonchev–Trinajstić information content (AvgIpc) is 3.70. The Bertz CT molecular complexity index is 2800. The molecule has 0 unspecified atom stereocenters. The highest BCUT2D eigenvalue weighted by Gasteiger charge is 2.51. The van der Waals surface area contributed by atoms with E-state index < -0.39 is 106 Å². The number of oxime groups is 1. The van der Waals surface area contributed by atoms with Crippen molar-refractivity contribution >= 4 is 51.3 Å². The van der Waals surface area contributed by atoms with Crippen molar-refractivity contribution < 1.29 is 48.7 Å². The maximum Gasteiger partial charge on any atom is 0.355 e. The summed E-state index contributed by atoms with van der Waals surface area (Å²) >= 11 is 0. The molecule has 22 nitrogen and oxygen atoms in total. The predicted molar refractivity (Wildman–Crippen MR) is 195 cm³/mol. The third-order valence-electron chi connectivity index (χ3n) is 10.1. The molecule has 0 radical (unpaired) electrons. The molecular weight excluding hydrogens is 770 g/mol. The van der Waals surface area contributed by atoms with Gasteiger partial charge in [-0.1, -0.05) is 12.1 Å². The Balaban J connectivity index is 1.19. The Morgan fingerprint density at radius 1 is 0.931 bits per heavy atom. The minimum Gasteiger partial charge on any atom is -0.508 e. The van der Waals surface area contributed by atoms with Gasteiger partial charge in [0.25, 0.3) is 28.3 Å². The van der Waals surface area contributed by atoms with E-state index in [0.717, 1.165) is 19.1 Å². The number of esters is 2. The first-order valence-corrected chi connectivity index (χ1v) is 17.0. The second-order valence-corrected chi connectivity index (χ2v) is 13.4. The highest BCUT2D eigenvalue weighted by Crippen LogP contribution is 2.50. The number of benzene rings is 3. The van der Waals surface area contributed by atoms with Crippen LogP contribution in [0.25, 0.3) is 33.4 Å². The fourth-order valence-corrected chi connectivity index (χ4v) is 7.43. The summed E-state index contributed by atoms with van der Waals surface area (Å²) in [7, 11) is 0. The van der Waals surface area contributed by atoms with Gasteiger partial charge in [-0.3, -0.25) is 45.3 Å². The number of aromatic nitrogens is 2. The average molecular weight is 794 g/mol. The molecule has 8 rings (SSSR count). The quantitative estimate of drug-likeness (QED) is 0.116. The second-order valence-electron chi connectivity index (χ2n) is 13.4. The number of cyclic esters (lactones) is 1. The summed E-state index contributed by atoms with van der Waals surface area (Å²) in [6.07, 6.45) is -2.00. The van der Waals surface area contributed by atoms with Crippen molar-refractivity contribution in [2.45, 2.75) is 45.1 Å². The monoisotopic (exact) mass is 793 g/mol. The van der Waals surface area contributed by atoms with Crippen LogP contribution in [0.2, 0.25) is 0 Å². The minimum absolute atomic E-state index is 0.0194. The molecule has 3 aliphatic rings. The van der Waals surface area contributed by atoms with Crippen molar-refractivity contribution in [3.05, 3.63) is 133 Å². The van der Waals surface area contributed by atoms with Gasteiger partial charge in [0.15, 0.2) is 0 Å². The number of hydrogen-bond acceptors (Lipinski definition) is 17. The van der Waals surface area contributed by atoms with Crippen LogP contribution in [0.1, 0.15) is 48.1 Å². The van der Waals surface area contributed by atoms with E-state index in [-0.39, 0.29) is 29.8 Å². The maximum absolute atomic E-state index is 13.9. The molecule has 2 aliphatic heterocycles. The van der Waals surface area contributed by atoms with Crippen LogP contribution >= 0.6 is 0 Å². The first kappa shape index (κ1) is 36.8. The number of nitro groups is 4. The van der Waals surface area contributed by atoms with Crippen molar-refractivity contribution in [2.75, 3.05) is 0 Å². The number of carbonyl (C=O) groups excluding carboxylic acids is 2. The van der Waals surface area contributed by atoms with Gasteiger partial charge in [0.05, 0.1) is 72.0 Å². The van der Waals surface area contributed by atoms with Gasteiger partial charge < -0.3 is 24.0 Å². The lowest BCUT2D eigenvalue weighted by molar-refractivity contribution is -0.395. The number of nitrogens with zero attached hydrogens (tertiary/aromatic N) is 7. The molecule has 0 saturated heterocycles. The smallest absolute Gasteiger partial charge is 0.355 e. The number of aromatic hydroxyl groups is 1. The normalized spacial score (nSPS) is 16.2. The van der Waals surface area contributed by atoms with Crippen LogP contribution in [0.3, 0.4) is 0 Å². The topological polar surface area (TPSA) is 302 Å². The number of rotatable bonds is 9. The van der Waals surface area contributed by atoms with Crippen molar-refractivity contribution in [1.82, 2.24) is 9.55 Å². The summed E-state index contributed by atoms with van der Waals surface area (Å²) in [6.45, 7) is 2.28. The highest BCUT2D eigenvalue weighted by molar-refractivity contribution is 6.27. The summed E-state index contributed by atoms with van der Waals surface area (Å²) in [5.74, 6) is -2.25. The Labute approximate surface area is 321 Å². The summed E-state index contributed by atoms with van der Waals surface area (Å²) in [5.41, 5.74) is -6.86. The molecule has 2 atom stereocenters. The Morgan fingerprint density at radius 3 is 2.12 bits per heavy atom. The van der Waals surface area contributed by atoms with E-state index in [9.17, 15) is 59.9 Å². The lowest BCUT2D eigenvalue weighted by Gasteiger charge is -2.36. The van der Waals surface area contributed by atoms with Gasteiger partial charge in [-0.25, -0.2) is 14.6 Å². The summed E-state index contributed by atoms with van der Waals surface area (Å²) in [5, 5.41) is 62.3. The van der Waals surface area contributed by atoms with Crippen molar-refractivity contribution in [1.29, 1.82) is 0 Å². The SMILES string of the molecule is CC[C@@]1(OC(=O)[C@H](C)ON=C2c3cc([N+](=O)[O-])cc([N+](=O)[O-])c3-c3c2cc([N+](=O)[O-])cc3[N+](=O)[O-])C(=O)OCc2c1cc1n(c2=O)Cc2cc3cc(O)ccc3nc2-1. The first-order valence-electron chi connectivity index (χ1n) is 17.0. The number of carbonyl (C=O) groups is 2. The van der Waals surface area contributed by atoms with E-state index >= 15 is 0 Å². The van der Waals surface area contributed by atoms with Gasteiger partial charge in [-0.2, -0.15) is 0 Å². The molecule has 5 aromatic rings. The van der Waals surface area contributed by atoms with Gasteiger partial charge in [-0.15, -0.1) is 0 Å². The molecular formula is C36H23N7O15. The summed E-state index contributed by atoms with van der Waals surface area (Å²) in [4.78, 5) is 95.3. The number of nitro benzene ring substituents is 4. The molecule has 58 heavy (non-hydrogen) atoms. The first-order chi connectivity index (χ1) is 27.5. The molecule has 2 aromatic heterocycles. The third-order valence-corrected chi connectivity index (χ3v) is 10.1. The summed E-state index contributed by atoms with van der Waals surface area (Å²) < 4.78 is 12.6. The Morgan fingerprint density at radius 2 is 1.55 bits per heavy atom. The molecule has 1 aliphatic carbocycles. The number of ether oxygens (including phenoxy) is 2. The predicted octanol–water partition coefficient (Wildman–Crippen LogP) is 4.81. The van der Waals surface area contributed by atoms with Crippen molar-refractivity contribution in [2.24, 2.45) is 5.16 Å². The standard InChI is InChI=1S/C36H23N7O15/c1-3-36(24-12-28-31-17(6-16-7-20(44)4-5-25(16)37-31)13-39(28)33(45)23(24)14-56-35(36)47)57-34(46)15(2)58-38-32-21-8-18(40(48)49)10-26(42(52)53)29(21)30-22(32)9-19(41(50)51)11-27(30)43(54)55/h4-12,15,44H,3,13-14H2,1-2H3/t15-,36-/m0/s1. The van der Waals surface area contributed by atoms with Gasteiger partial charge in [0.2, 0.25) is 11.7 Å². The fraction of sp³-hybridized carbons (Fsp3) is 0.194. The highest BCUT2D eigenvalue weighted by atomic mass is 16.7. The van der Waals surface area contributed by atoms with Crippen molar-refractivity contribution in [3.8, 4) is 28.3 Å². The van der Waals surface area contributed by atoms with Crippen LogP contribution in [0.5, 0.6) is 5.75 Å². The third kappa shape index (κ3) is 5.44. The summed E-state index contributed by atoms with van der Waals surface area (Å²) in [6, 6.07) is 10.6. The molecule has 292 valence electrons. The molecule has 0 fully saturated rings. The fourth-order valence-electron chi connectivity index (χ4n) is 7.43. The number of hydrogen-bond donors (Lipinski definition) is 1. The van der Waals surface area contributed by atoms with Crippen LogP contribution in [0, 0.1) is 40.5 Å². The van der Waals surface area contributed by atoms with Crippen LogP contribution in [0.4, 0.5) is 22.7 Å². The molecule has 0 saturated carbocycles. The number of phenolic OH excluding ortho intramolecular Hbond substituents is 1. The lowest BCUT2D eigenvalue weighted by atomic mass is 9.85. The van der Waals surface area contributed by atoms with Crippen LogP contribution in [-0.4, -0.2) is 58.1 Å². The van der Waals surface area contributed by atoms with Gasteiger partial charge in [0.1, 0.15) is 18.1 Å². The molecule has 3 aromatic carbocycles. The van der Waals surface area contributed by atoms with E-state index in [2.05, 4.69) is 10.1 Å².